The first-order valence-corrected chi connectivity index (χ1v) is 9.99. The molecule has 2 unspecified atom stereocenters. The van der Waals surface area contributed by atoms with Crippen LogP contribution < -0.4 is 11.5 Å². The van der Waals surface area contributed by atoms with E-state index in [1.807, 2.05) is 42.7 Å². The van der Waals surface area contributed by atoms with Crippen LogP contribution in [0, 0.1) is 5.92 Å². The van der Waals surface area contributed by atoms with Crippen LogP contribution in [0.15, 0.2) is 73.1 Å². The van der Waals surface area contributed by atoms with Gasteiger partial charge in [0, 0.05) is 34.8 Å². The number of ether oxygens (including phenoxy) is 1. The van der Waals surface area contributed by atoms with Crippen LogP contribution in [0.25, 0.3) is 21.8 Å². The van der Waals surface area contributed by atoms with Crippen LogP contribution in [0.1, 0.15) is 12.0 Å². The SMILES string of the molecule is NC(=O)CC(C=O)C(N)C(=O)OCc1ccccc1.c1ccc2c(c1)[nH]c1cnccc12. The Morgan fingerprint density at radius 1 is 1.00 bits per heavy atom. The van der Waals surface area contributed by atoms with Crippen molar-refractivity contribution in [2.24, 2.45) is 17.4 Å². The topological polar surface area (TPSA) is 141 Å². The van der Waals surface area contributed by atoms with Crippen molar-refractivity contribution in [3.8, 4) is 0 Å². The van der Waals surface area contributed by atoms with Crippen LogP contribution in [0.2, 0.25) is 0 Å². The van der Waals surface area contributed by atoms with Crippen molar-refractivity contribution in [1.82, 2.24) is 9.97 Å². The van der Waals surface area contributed by atoms with Crippen molar-refractivity contribution in [2.45, 2.75) is 19.1 Å². The van der Waals surface area contributed by atoms with Crippen molar-refractivity contribution in [3.63, 3.8) is 0 Å². The number of rotatable bonds is 7. The number of nitrogens with two attached hydrogens (primary N) is 2. The average Bonchev–Trinajstić information content (AvgIpc) is 3.20. The van der Waals surface area contributed by atoms with E-state index in [4.69, 9.17) is 16.2 Å². The molecular weight excluding hydrogens is 408 g/mol. The van der Waals surface area contributed by atoms with Gasteiger partial charge in [-0.15, -0.1) is 0 Å². The van der Waals surface area contributed by atoms with Gasteiger partial charge >= 0.3 is 5.97 Å². The third-order valence-electron chi connectivity index (χ3n) is 4.88. The summed E-state index contributed by atoms with van der Waals surface area (Å²) in [5, 5.41) is 2.51. The normalized spacial score (nSPS) is 12.4. The van der Waals surface area contributed by atoms with Crippen LogP contribution in [0.5, 0.6) is 0 Å². The Bertz CT molecular complexity index is 1160. The number of hydrogen-bond donors (Lipinski definition) is 3. The van der Waals surface area contributed by atoms with Gasteiger partial charge in [-0.1, -0.05) is 48.5 Å². The molecule has 0 fully saturated rings. The summed E-state index contributed by atoms with van der Waals surface area (Å²) in [6, 6.07) is 18.2. The molecule has 2 aromatic heterocycles. The molecule has 1 amide bonds. The monoisotopic (exact) mass is 432 g/mol. The van der Waals surface area contributed by atoms with Crippen molar-refractivity contribution >= 4 is 40.0 Å². The molecule has 32 heavy (non-hydrogen) atoms. The van der Waals surface area contributed by atoms with Crippen LogP contribution >= 0.6 is 0 Å². The van der Waals surface area contributed by atoms with E-state index in [0.29, 0.717) is 6.29 Å². The van der Waals surface area contributed by atoms with Gasteiger partial charge in [-0.3, -0.25) is 14.6 Å². The smallest absolute Gasteiger partial charge is 0.324 e. The van der Waals surface area contributed by atoms with E-state index in [1.54, 1.807) is 12.1 Å². The minimum Gasteiger partial charge on any atom is -0.460 e. The number of carbonyl (C=O) groups excluding carboxylic acids is 3. The summed E-state index contributed by atoms with van der Waals surface area (Å²) < 4.78 is 4.98. The summed E-state index contributed by atoms with van der Waals surface area (Å²) in [5.74, 6) is -2.38. The molecule has 4 aromatic rings. The quantitative estimate of drug-likeness (QED) is 0.303. The second-order valence-corrected chi connectivity index (χ2v) is 7.18. The lowest BCUT2D eigenvalue weighted by atomic mass is 9.98. The Balaban J connectivity index is 0.000000191. The summed E-state index contributed by atoms with van der Waals surface area (Å²) in [6.45, 7) is 0.0650. The summed E-state index contributed by atoms with van der Waals surface area (Å²) in [4.78, 5) is 40.5. The summed E-state index contributed by atoms with van der Waals surface area (Å²) >= 11 is 0. The lowest BCUT2D eigenvalue weighted by molar-refractivity contribution is -0.149. The number of aldehydes is 1. The highest BCUT2D eigenvalue weighted by molar-refractivity contribution is 6.06. The van der Waals surface area contributed by atoms with Gasteiger partial charge in [0.15, 0.2) is 0 Å². The number of hydrogen-bond acceptors (Lipinski definition) is 6. The fourth-order valence-corrected chi connectivity index (χ4v) is 3.19. The number of pyridine rings is 1. The number of esters is 1. The van der Waals surface area contributed by atoms with Gasteiger partial charge in [-0.2, -0.15) is 0 Å². The maximum Gasteiger partial charge on any atom is 0.324 e. The maximum atomic E-state index is 11.6. The number of H-pyrrole nitrogens is 1. The Kier molecular flexibility index (Phi) is 7.66. The Hall–Kier alpha value is -4.04. The van der Waals surface area contributed by atoms with Crippen LogP contribution in [-0.4, -0.2) is 34.2 Å². The molecule has 5 N–H and O–H groups in total. The van der Waals surface area contributed by atoms with Gasteiger partial charge in [-0.25, -0.2) is 0 Å². The highest BCUT2D eigenvalue weighted by atomic mass is 16.5. The minimum absolute atomic E-state index is 0.0650. The highest BCUT2D eigenvalue weighted by Crippen LogP contribution is 2.23. The van der Waals surface area contributed by atoms with Gasteiger partial charge in [0.05, 0.1) is 11.7 Å². The lowest BCUT2D eigenvalue weighted by Crippen LogP contribution is -2.41. The van der Waals surface area contributed by atoms with Crippen LogP contribution in [-0.2, 0) is 25.7 Å². The van der Waals surface area contributed by atoms with Gasteiger partial charge < -0.3 is 26.0 Å². The van der Waals surface area contributed by atoms with Crippen molar-refractivity contribution in [1.29, 1.82) is 0 Å². The van der Waals surface area contributed by atoms with Crippen molar-refractivity contribution in [3.05, 3.63) is 78.6 Å². The largest absolute Gasteiger partial charge is 0.460 e. The van der Waals surface area contributed by atoms with E-state index < -0.39 is 23.8 Å². The van der Waals surface area contributed by atoms with E-state index in [9.17, 15) is 14.4 Å². The first-order valence-electron chi connectivity index (χ1n) is 9.99. The number of aromatic nitrogens is 2. The molecule has 0 bridgehead atoms. The van der Waals surface area contributed by atoms with Gasteiger partial charge in [-0.05, 0) is 17.7 Å². The molecule has 164 valence electrons. The van der Waals surface area contributed by atoms with Crippen LogP contribution in [0.4, 0.5) is 0 Å². The predicted octanol–water partition coefficient (Wildman–Crippen LogP) is 2.46. The predicted molar refractivity (Wildman–Crippen MR) is 121 cm³/mol. The van der Waals surface area contributed by atoms with E-state index in [1.165, 1.54) is 16.3 Å². The zero-order valence-corrected chi connectivity index (χ0v) is 17.3. The number of aromatic amines is 1. The summed E-state index contributed by atoms with van der Waals surface area (Å²) in [7, 11) is 0. The summed E-state index contributed by atoms with van der Waals surface area (Å²) in [6.07, 6.45) is 3.85. The van der Waals surface area contributed by atoms with E-state index in [2.05, 4.69) is 28.2 Å². The number of para-hydroxylation sites is 1. The molecule has 0 aliphatic carbocycles. The molecule has 0 aliphatic heterocycles. The second-order valence-electron chi connectivity index (χ2n) is 7.18. The Morgan fingerprint density at radius 3 is 2.41 bits per heavy atom. The van der Waals surface area contributed by atoms with Crippen molar-refractivity contribution in [2.75, 3.05) is 0 Å². The zero-order chi connectivity index (χ0) is 22.9. The third-order valence-corrected chi connectivity index (χ3v) is 4.88. The second kappa shape index (κ2) is 10.8. The number of nitrogens with one attached hydrogen (secondary N) is 1. The first kappa shape index (κ1) is 22.6. The van der Waals surface area contributed by atoms with Gasteiger partial charge in [0.2, 0.25) is 5.91 Å². The Morgan fingerprint density at radius 2 is 1.69 bits per heavy atom. The fourth-order valence-electron chi connectivity index (χ4n) is 3.19. The van der Waals surface area contributed by atoms with E-state index in [-0.39, 0.29) is 13.0 Å². The molecule has 0 saturated carbocycles. The highest BCUT2D eigenvalue weighted by Gasteiger charge is 2.27. The number of amides is 1. The summed E-state index contributed by atoms with van der Waals surface area (Å²) in [5.41, 5.74) is 13.6. The average molecular weight is 432 g/mol. The molecule has 2 heterocycles. The third kappa shape index (κ3) is 5.77. The minimum atomic E-state index is -1.19. The molecule has 0 radical (unpaired) electrons. The molecule has 2 aromatic carbocycles. The van der Waals surface area contributed by atoms with E-state index >= 15 is 0 Å². The molecular formula is C24H24N4O4. The van der Waals surface area contributed by atoms with Crippen molar-refractivity contribution < 1.29 is 19.1 Å². The lowest BCUT2D eigenvalue weighted by Gasteiger charge is -2.16. The number of primary amides is 1. The first-order chi connectivity index (χ1) is 15.5. The zero-order valence-electron chi connectivity index (χ0n) is 17.3. The number of carbonyl (C=O) groups is 3. The fraction of sp³-hybridized carbons (Fsp3) is 0.167. The van der Waals surface area contributed by atoms with Crippen LogP contribution in [0.3, 0.4) is 0 Å². The Labute approximate surface area is 184 Å². The molecule has 0 saturated heterocycles. The molecule has 8 heteroatoms. The van der Waals surface area contributed by atoms with Gasteiger partial charge in [0.1, 0.15) is 18.9 Å². The molecule has 4 rings (SSSR count). The van der Waals surface area contributed by atoms with E-state index in [0.717, 1.165) is 11.1 Å². The molecule has 8 nitrogen and oxygen atoms in total. The molecule has 2 atom stereocenters. The number of fused-ring (bicyclic) bond motifs is 3. The van der Waals surface area contributed by atoms with Gasteiger partial charge in [0.25, 0.3) is 0 Å². The standard InChI is InChI=1S/C13H16N2O4.C11H8N2/c14-11(17)6-10(7-16)12(15)13(18)19-8-9-4-2-1-3-5-9;1-2-4-10-8(3-1)9-5-6-12-7-11(9)13-10/h1-5,7,10,12H,6,8,15H2,(H2,14,17);1-7,13H. The maximum absolute atomic E-state index is 11.6. The number of benzene rings is 2. The number of nitrogens with zero attached hydrogens (tertiary/aromatic N) is 1. The molecule has 0 aliphatic rings. The molecule has 0 spiro atoms.